The molecule has 0 N–H and O–H groups in total. The molecule has 0 amide bonds. The molecule has 3 heteroatoms. The fraction of sp³-hybridized carbons (Fsp3) is 0.0250. The number of benzene rings is 6. The number of rotatable bonds is 5. The number of hydrogen-bond acceptors (Lipinski definition) is 3. The van der Waals surface area contributed by atoms with E-state index >= 15 is 0 Å². The van der Waals surface area contributed by atoms with Gasteiger partial charge in [0.15, 0.2) is 17.5 Å². The molecule has 0 saturated carbocycles. The van der Waals surface area contributed by atoms with Crippen molar-refractivity contribution in [2.45, 2.75) is 6.42 Å². The van der Waals surface area contributed by atoms with Gasteiger partial charge in [-0.25, -0.2) is 15.0 Å². The highest BCUT2D eigenvalue weighted by molar-refractivity contribution is 5.87. The molecule has 7 aromatic rings. The predicted molar refractivity (Wildman–Crippen MR) is 175 cm³/mol. The lowest BCUT2D eigenvalue weighted by Crippen LogP contribution is -2.00. The van der Waals surface area contributed by atoms with E-state index in [9.17, 15) is 0 Å². The van der Waals surface area contributed by atoms with E-state index in [4.69, 9.17) is 15.0 Å². The first-order chi connectivity index (χ1) is 21.3. The highest BCUT2D eigenvalue weighted by Crippen LogP contribution is 2.43. The monoisotopic (exact) mass is 549 g/mol. The van der Waals surface area contributed by atoms with E-state index in [0.717, 1.165) is 23.1 Å². The van der Waals surface area contributed by atoms with Crippen LogP contribution in [0.1, 0.15) is 11.1 Å². The van der Waals surface area contributed by atoms with Crippen LogP contribution >= 0.6 is 0 Å². The van der Waals surface area contributed by atoms with Crippen molar-refractivity contribution in [3.8, 4) is 67.5 Å². The van der Waals surface area contributed by atoms with Gasteiger partial charge in [-0.1, -0.05) is 146 Å². The molecule has 0 spiro atoms. The Morgan fingerprint density at radius 3 is 1.37 bits per heavy atom. The number of aromatic nitrogens is 3. The van der Waals surface area contributed by atoms with Crippen molar-refractivity contribution in [2.24, 2.45) is 0 Å². The highest BCUT2D eigenvalue weighted by Gasteiger charge is 2.22. The summed E-state index contributed by atoms with van der Waals surface area (Å²) in [4.78, 5) is 14.6. The highest BCUT2D eigenvalue weighted by atomic mass is 15.0. The van der Waals surface area contributed by atoms with Crippen molar-refractivity contribution in [3.63, 3.8) is 0 Å². The van der Waals surface area contributed by atoms with Gasteiger partial charge in [-0.2, -0.15) is 0 Å². The topological polar surface area (TPSA) is 38.7 Å². The Hall–Kier alpha value is -5.67. The number of fused-ring (bicyclic) bond motifs is 3. The van der Waals surface area contributed by atoms with Gasteiger partial charge in [0.05, 0.1) is 0 Å². The summed E-state index contributed by atoms with van der Waals surface area (Å²) < 4.78 is 0. The smallest absolute Gasteiger partial charge is 0.164 e. The lowest BCUT2D eigenvalue weighted by molar-refractivity contribution is 1.07. The summed E-state index contributed by atoms with van der Waals surface area (Å²) in [6.07, 6.45) is 0.960. The fourth-order valence-electron chi connectivity index (χ4n) is 6.02. The largest absolute Gasteiger partial charge is 0.208 e. The predicted octanol–water partition coefficient (Wildman–Crippen LogP) is 9.78. The third-order valence-electron chi connectivity index (χ3n) is 8.20. The van der Waals surface area contributed by atoms with Crippen LogP contribution in [0.5, 0.6) is 0 Å². The van der Waals surface area contributed by atoms with E-state index in [1.807, 2.05) is 60.7 Å². The first-order valence-electron chi connectivity index (χ1n) is 14.6. The molecule has 0 unspecified atom stereocenters. The maximum absolute atomic E-state index is 4.89. The third-order valence-corrected chi connectivity index (χ3v) is 8.20. The average molecular weight is 550 g/mol. The molecule has 1 aromatic heterocycles. The first kappa shape index (κ1) is 25.1. The van der Waals surface area contributed by atoms with E-state index in [0.29, 0.717) is 17.5 Å². The second-order valence-corrected chi connectivity index (χ2v) is 10.9. The summed E-state index contributed by atoms with van der Waals surface area (Å²) in [5.74, 6) is 2.00. The molecule has 6 aromatic carbocycles. The molecule has 1 aliphatic rings. The molecule has 43 heavy (non-hydrogen) atoms. The fourth-order valence-corrected chi connectivity index (χ4v) is 6.02. The molecule has 0 fully saturated rings. The molecule has 0 aliphatic heterocycles. The van der Waals surface area contributed by atoms with Gasteiger partial charge in [0.2, 0.25) is 0 Å². The summed E-state index contributed by atoms with van der Waals surface area (Å²) in [6.45, 7) is 0. The zero-order chi connectivity index (χ0) is 28.6. The van der Waals surface area contributed by atoms with Crippen molar-refractivity contribution in [1.29, 1.82) is 0 Å². The summed E-state index contributed by atoms with van der Waals surface area (Å²) in [5, 5.41) is 0. The van der Waals surface area contributed by atoms with Gasteiger partial charge in [0.1, 0.15) is 0 Å². The molecule has 8 rings (SSSR count). The second kappa shape index (κ2) is 10.6. The quantitative estimate of drug-likeness (QED) is 0.214. The molecule has 202 valence electrons. The lowest BCUT2D eigenvalue weighted by Gasteiger charge is -2.10. The first-order valence-corrected chi connectivity index (χ1v) is 14.6. The van der Waals surface area contributed by atoms with E-state index in [2.05, 4.69) is 91.0 Å². The Morgan fingerprint density at radius 2 is 0.791 bits per heavy atom. The van der Waals surface area contributed by atoms with Crippen molar-refractivity contribution >= 4 is 0 Å². The minimum absolute atomic E-state index is 0.663. The second-order valence-electron chi connectivity index (χ2n) is 10.9. The van der Waals surface area contributed by atoms with Crippen LogP contribution in [0.2, 0.25) is 0 Å². The Morgan fingerprint density at radius 1 is 0.326 bits per heavy atom. The van der Waals surface area contributed by atoms with Crippen molar-refractivity contribution in [3.05, 3.63) is 163 Å². The number of hydrogen-bond donors (Lipinski definition) is 0. The van der Waals surface area contributed by atoms with Gasteiger partial charge in [-0.15, -0.1) is 0 Å². The van der Waals surface area contributed by atoms with Crippen molar-refractivity contribution < 1.29 is 0 Å². The molecule has 3 nitrogen and oxygen atoms in total. The van der Waals surface area contributed by atoms with Crippen LogP contribution in [0.3, 0.4) is 0 Å². The third kappa shape index (κ3) is 4.71. The molecular weight excluding hydrogens is 522 g/mol. The summed E-state index contributed by atoms with van der Waals surface area (Å²) in [6, 6.07) is 53.0. The van der Waals surface area contributed by atoms with Crippen LogP contribution in [0.4, 0.5) is 0 Å². The van der Waals surface area contributed by atoms with E-state index in [1.54, 1.807) is 0 Å². The molecule has 1 heterocycles. The van der Waals surface area contributed by atoms with Gasteiger partial charge < -0.3 is 0 Å². The SMILES string of the molecule is c1ccc(-c2nc(-c3ccccc3)nc(-c3ccc(-c4ccc5c(c4)-c4cccc(-c6ccccc6)c4C5)cc3)n2)cc1. The molecule has 0 bridgehead atoms. The minimum Gasteiger partial charge on any atom is -0.208 e. The molecule has 0 saturated heterocycles. The zero-order valence-electron chi connectivity index (χ0n) is 23.5. The lowest BCUT2D eigenvalue weighted by atomic mass is 9.95. The van der Waals surface area contributed by atoms with Crippen LogP contribution in [0.15, 0.2) is 152 Å². The zero-order valence-corrected chi connectivity index (χ0v) is 23.5. The summed E-state index contributed by atoms with van der Waals surface area (Å²) >= 11 is 0. The Labute approximate surface area is 251 Å². The standard InChI is InChI=1S/C40H27N3/c1-4-11-28(12-5-1)34-17-10-18-35-36-25-32(23-24-33(36)26-37(34)35)27-19-21-31(22-20-27)40-42-38(29-13-6-2-7-14-29)41-39(43-40)30-15-8-3-9-16-30/h1-25H,26H2. The number of nitrogens with zero attached hydrogens (tertiary/aromatic N) is 3. The van der Waals surface area contributed by atoms with Crippen molar-refractivity contribution in [1.82, 2.24) is 15.0 Å². The maximum Gasteiger partial charge on any atom is 0.164 e. The van der Waals surface area contributed by atoms with E-state index < -0.39 is 0 Å². The van der Waals surface area contributed by atoms with Gasteiger partial charge in [-0.05, 0) is 57.0 Å². The Kier molecular flexibility index (Phi) is 6.20. The van der Waals surface area contributed by atoms with Gasteiger partial charge in [0.25, 0.3) is 0 Å². The van der Waals surface area contributed by atoms with Crippen LogP contribution in [0.25, 0.3) is 67.5 Å². The van der Waals surface area contributed by atoms with E-state index in [1.165, 1.54) is 44.5 Å². The van der Waals surface area contributed by atoms with Crippen LogP contribution in [-0.4, -0.2) is 15.0 Å². The van der Waals surface area contributed by atoms with Gasteiger partial charge in [-0.3, -0.25) is 0 Å². The summed E-state index contributed by atoms with van der Waals surface area (Å²) in [7, 11) is 0. The summed E-state index contributed by atoms with van der Waals surface area (Å²) in [5.41, 5.74) is 13.3. The van der Waals surface area contributed by atoms with Gasteiger partial charge >= 0.3 is 0 Å². The van der Waals surface area contributed by atoms with Crippen LogP contribution in [0, 0.1) is 0 Å². The maximum atomic E-state index is 4.89. The van der Waals surface area contributed by atoms with E-state index in [-0.39, 0.29) is 0 Å². The minimum atomic E-state index is 0.663. The Balaban J connectivity index is 1.15. The Bertz CT molecular complexity index is 2010. The van der Waals surface area contributed by atoms with Crippen LogP contribution < -0.4 is 0 Å². The molecule has 0 radical (unpaired) electrons. The molecular formula is C40H27N3. The van der Waals surface area contributed by atoms with Crippen LogP contribution in [-0.2, 0) is 6.42 Å². The van der Waals surface area contributed by atoms with Gasteiger partial charge in [0, 0.05) is 16.7 Å². The average Bonchev–Trinajstić information content (AvgIpc) is 3.47. The molecule has 1 aliphatic carbocycles. The normalized spacial score (nSPS) is 11.6. The van der Waals surface area contributed by atoms with Crippen molar-refractivity contribution in [2.75, 3.05) is 0 Å². The molecule has 0 atom stereocenters.